The van der Waals surface area contributed by atoms with E-state index in [-0.39, 0.29) is 5.41 Å². The molecule has 12 aromatic carbocycles. The first-order valence-electron chi connectivity index (χ1n) is 22.7. The van der Waals surface area contributed by atoms with Gasteiger partial charge in [-0.2, -0.15) is 0 Å². The number of rotatable bonds is 6. The maximum Gasteiger partial charge on any atom is 0.0620 e. The average Bonchev–Trinajstić information content (AvgIpc) is 3.58. The lowest BCUT2D eigenvalue weighted by Gasteiger charge is -2.34. The number of fused-ring (bicyclic) bond motifs is 9. The quantitative estimate of drug-likeness (QED) is 0.122. The summed E-state index contributed by atoms with van der Waals surface area (Å²) in [7, 11) is 0. The highest BCUT2D eigenvalue weighted by Gasteiger charge is 2.37. The van der Waals surface area contributed by atoms with Crippen LogP contribution in [0.5, 0.6) is 0 Å². The molecule has 0 N–H and O–H groups in total. The van der Waals surface area contributed by atoms with Crippen molar-refractivity contribution in [1.29, 1.82) is 0 Å². The van der Waals surface area contributed by atoms with Crippen molar-refractivity contribution < 1.29 is 0 Å². The summed E-state index contributed by atoms with van der Waals surface area (Å²) in [4.78, 5) is 5.06. The van der Waals surface area contributed by atoms with Crippen molar-refractivity contribution in [3.8, 4) is 11.1 Å². The van der Waals surface area contributed by atoms with Crippen LogP contribution in [-0.4, -0.2) is 0 Å². The minimum absolute atomic E-state index is 0.212. The number of nitrogens with zero attached hydrogens (tertiary/aromatic N) is 2. The van der Waals surface area contributed by atoms with Crippen LogP contribution in [-0.2, 0) is 5.41 Å². The third kappa shape index (κ3) is 5.88. The smallest absolute Gasteiger partial charge is 0.0620 e. The second-order valence-electron chi connectivity index (χ2n) is 18.2. The predicted molar refractivity (Wildman–Crippen MR) is 278 cm³/mol. The van der Waals surface area contributed by atoms with Crippen LogP contribution in [0.15, 0.2) is 231 Å². The Kier molecular flexibility index (Phi) is 8.29. The normalized spacial score (nSPS) is 12.9. The van der Waals surface area contributed by atoms with Crippen LogP contribution in [0.3, 0.4) is 0 Å². The van der Waals surface area contributed by atoms with E-state index in [2.05, 4.69) is 254 Å². The van der Waals surface area contributed by atoms with Gasteiger partial charge in [-0.05, 0) is 126 Å². The van der Waals surface area contributed by atoms with Gasteiger partial charge in [0.15, 0.2) is 0 Å². The van der Waals surface area contributed by atoms with Gasteiger partial charge in [0, 0.05) is 49.7 Å². The van der Waals surface area contributed by atoms with E-state index >= 15 is 0 Å². The van der Waals surface area contributed by atoms with Crippen molar-refractivity contribution in [2.45, 2.75) is 19.3 Å². The largest absolute Gasteiger partial charge is 0.309 e. The van der Waals surface area contributed by atoms with Crippen LogP contribution >= 0.6 is 0 Å². The molecule has 1 aliphatic carbocycles. The molecule has 0 saturated carbocycles. The van der Waals surface area contributed by atoms with Crippen molar-refractivity contribution in [2.24, 2.45) is 0 Å². The molecule has 0 spiro atoms. The number of hydrogen-bond donors (Lipinski definition) is 0. The lowest BCUT2D eigenvalue weighted by atomic mass is 9.81. The SMILES string of the molecule is CC1(C)c2ccccc2-c2cc3c(N(c4ccc5ccccc5c4)c4ccc5ccccc5c4)c4ccccc4c(N(c4ccc5ccccc5c4)c4ccc5ccccc5c4)c3cc21. The second kappa shape index (κ2) is 14.4. The Morgan fingerprint density at radius 1 is 0.262 bits per heavy atom. The van der Waals surface area contributed by atoms with Crippen molar-refractivity contribution in [3.63, 3.8) is 0 Å². The van der Waals surface area contributed by atoms with Gasteiger partial charge in [0.25, 0.3) is 0 Å². The van der Waals surface area contributed by atoms with E-state index in [0.29, 0.717) is 0 Å². The Labute approximate surface area is 378 Å². The summed E-state index contributed by atoms with van der Waals surface area (Å²) in [6.07, 6.45) is 0. The lowest BCUT2D eigenvalue weighted by molar-refractivity contribution is 0.661. The molecule has 0 radical (unpaired) electrons. The second-order valence-corrected chi connectivity index (χ2v) is 18.2. The Morgan fingerprint density at radius 2 is 0.600 bits per heavy atom. The van der Waals surface area contributed by atoms with E-state index in [1.54, 1.807) is 0 Å². The van der Waals surface area contributed by atoms with Crippen molar-refractivity contribution in [1.82, 2.24) is 0 Å². The van der Waals surface area contributed by atoms with Gasteiger partial charge < -0.3 is 9.80 Å². The fraction of sp³-hybridized carbons (Fsp3) is 0.0476. The molecule has 0 saturated heterocycles. The van der Waals surface area contributed by atoms with Crippen LogP contribution in [0.4, 0.5) is 34.1 Å². The van der Waals surface area contributed by atoms with Crippen molar-refractivity contribution in [3.05, 3.63) is 242 Å². The third-order valence-electron chi connectivity index (χ3n) is 14.1. The van der Waals surface area contributed by atoms with Gasteiger partial charge in [-0.25, -0.2) is 0 Å². The van der Waals surface area contributed by atoms with Crippen LogP contribution in [0, 0.1) is 0 Å². The van der Waals surface area contributed by atoms with E-state index in [0.717, 1.165) is 34.1 Å². The number of anilines is 6. The first-order chi connectivity index (χ1) is 32.0. The van der Waals surface area contributed by atoms with Gasteiger partial charge in [0.2, 0.25) is 0 Å². The summed E-state index contributed by atoms with van der Waals surface area (Å²) in [5, 5.41) is 14.4. The van der Waals surface area contributed by atoms with Gasteiger partial charge in [-0.1, -0.05) is 184 Å². The Morgan fingerprint density at radius 3 is 1.02 bits per heavy atom. The maximum absolute atomic E-state index is 2.55. The molecule has 0 aliphatic heterocycles. The first-order valence-corrected chi connectivity index (χ1v) is 22.7. The zero-order valence-corrected chi connectivity index (χ0v) is 36.3. The predicted octanol–water partition coefficient (Wildman–Crippen LogP) is 17.9. The molecule has 0 bridgehead atoms. The summed E-state index contributed by atoms with van der Waals surface area (Å²) in [5.74, 6) is 0. The first kappa shape index (κ1) is 37.4. The zero-order chi connectivity index (χ0) is 43.2. The standard InChI is InChI=1S/C63H44N2/c1-63(2)59-26-14-13-23-53(59)56-39-57-58(40-60(56)63)62(65(51-33-29-43-17-5-9-21-47(43)37-51)52-34-30-44-18-6-10-22-48(44)38-52)55-25-12-11-24-54(55)61(57)64(49-31-27-41-15-3-7-19-45(41)35-49)50-32-28-42-16-4-8-20-46(42)36-50/h3-40H,1-2H3. The fourth-order valence-electron chi connectivity index (χ4n) is 10.9. The summed E-state index contributed by atoms with van der Waals surface area (Å²) < 4.78 is 0. The minimum Gasteiger partial charge on any atom is -0.309 e. The van der Waals surface area contributed by atoms with Gasteiger partial charge in [0.1, 0.15) is 0 Å². The Hall–Kier alpha value is -8.20. The maximum atomic E-state index is 2.55. The van der Waals surface area contributed by atoms with Crippen LogP contribution in [0.2, 0.25) is 0 Å². The molecular formula is C63H44N2. The number of benzene rings is 12. The lowest BCUT2D eigenvalue weighted by Crippen LogP contribution is -2.17. The molecule has 0 heterocycles. The third-order valence-corrected chi connectivity index (χ3v) is 14.1. The summed E-state index contributed by atoms with van der Waals surface area (Å²) in [6, 6.07) is 85.8. The Balaban J connectivity index is 1.20. The summed E-state index contributed by atoms with van der Waals surface area (Å²) in [6.45, 7) is 4.79. The highest BCUT2D eigenvalue weighted by Crippen LogP contribution is 2.56. The molecule has 2 heteroatoms. The molecule has 65 heavy (non-hydrogen) atoms. The van der Waals surface area contributed by atoms with E-state index < -0.39 is 0 Å². The molecule has 0 atom stereocenters. The highest BCUT2D eigenvalue weighted by atomic mass is 15.2. The van der Waals surface area contributed by atoms with Crippen molar-refractivity contribution in [2.75, 3.05) is 9.80 Å². The van der Waals surface area contributed by atoms with Crippen LogP contribution in [0.25, 0.3) is 75.8 Å². The topological polar surface area (TPSA) is 6.48 Å². The molecule has 306 valence electrons. The van der Waals surface area contributed by atoms with E-state index in [9.17, 15) is 0 Å². The summed E-state index contributed by atoms with van der Waals surface area (Å²) in [5.41, 5.74) is 11.9. The molecule has 0 amide bonds. The monoisotopic (exact) mass is 828 g/mol. The van der Waals surface area contributed by atoms with Gasteiger partial charge in [0.05, 0.1) is 11.4 Å². The van der Waals surface area contributed by atoms with Crippen LogP contribution in [0.1, 0.15) is 25.0 Å². The average molecular weight is 829 g/mol. The van der Waals surface area contributed by atoms with Crippen LogP contribution < -0.4 is 9.80 Å². The fourth-order valence-corrected chi connectivity index (χ4v) is 10.9. The van der Waals surface area contributed by atoms with Gasteiger partial charge in [-0.3, -0.25) is 0 Å². The highest BCUT2D eigenvalue weighted by molar-refractivity contribution is 6.25. The molecular weight excluding hydrogens is 785 g/mol. The zero-order valence-electron chi connectivity index (χ0n) is 36.3. The summed E-state index contributed by atoms with van der Waals surface area (Å²) >= 11 is 0. The Bertz CT molecular complexity index is 3740. The molecule has 1 aliphatic rings. The molecule has 2 nitrogen and oxygen atoms in total. The van der Waals surface area contributed by atoms with E-state index in [1.165, 1.54) is 86.9 Å². The van der Waals surface area contributed by atoms with Crippen molar-refractivity contribution >= 4 is 98.8 Å². The molecule has 13 rings (SSSR count). The van der Waals surface area contributed by atoms with Gasteiger partial charge in [-0.15, -0.1) is 0 Å². The molecule has 0 fully saturated rings. The van der Waals surface area contributed by atoms with E-state index in [1.807, 2.05) is 0 Å². The molecule has 0 aromatic heterocycles. The minimum atomic E-state index is -0.212. The number of hydrogen-bond acceptors (Lipinski definition) is 2. The van der Waals surface area contributed by atoms with E-state index in [4.69, 9.17) is 0 Å². The van der Waals surface area contributed by atoms with Gasteiger partial charge >= 0.3 is 0 Å². The molecule has 0 unspecified atom stereocenters. The molecule has 12 aromatic rings.